The van der Waals surface area contributed by atoms with Gasteiger partial charge in [-0.05, 0) is 17.3 Å². The van der Waals surface area contributed by atoms with Crippen LogP contribution in [-0.2, 0) is 14.3 Å². The molecule has 3 rings (SSSR count). The minimum Gasteiger partial charge on any atom is -0.466 e. The number of aromatic nitrogens is 2. The summed E-state index contributed by atoms with van der Waals surface area (Å²) in [4.78, 5) is 23.1. The van der Waals surface area contributed by atoms with Gasteiger partial charge in [0.2, 0.25) is 0 Å². The number of ether oxygens (including phenoxy) is 1. The summed E-state index contributed by atoms with van der Waals surface area (Å²) >= 11 is 1.02. The molecule has 0 radical (unpaired) electrons. The lowest BCUT2D eigenvalue weighted by molar-refractivity contribution is -0.135. The van der Waals surface area contributed by atoms with Crippen LogP contribution in [0.1, 0.15) is 5.56 Å². The zero-order valence-electron chi connectivity index (χ0n) is 13.1. The maximum atomic E-state index is 11.7. The van der Waals surface area contributed by atoms with Crippen molar-refractivity contribution in [1.29, 1.82) is 0 Å². The fourth-order valence-corrected chi connectivity index (χ4v) is 2.79. The Kier molecular flexibility index (Phi) is 5.05. The van der Waals surface area contributed by atoms with Crippen molar-refractivity contribution in [3.63, 3.8) is 0 Å². The molecular formula is C16H13N5O3S. The average Bonchev–Trinajstić information content (AvgIpc) is 3.26. The molecule has 0 atom stereocenters. The van der Waals surface area contributed by atoms with Crippen LogP contribution in [0.15, 0.2) is 57.8 Å². The van der Waals surface area contributed by atoms with Gasteiger partial charge in [-0.2, -0.15) is 10.2 Å². The number of nitrogens with zero attached hydrogens (tertiary/aromatic N) is 3. The molecular weight excluding hydrogens is 342 g/mol. The number of H-pyrrole nitrogens is 1. The molecule has 1 aliphatic heterocycles. The summed E-state index contributed by atoms with van der Waals surface area (Å²) in [7, 11) is 1.24. The normalized spacial score (nSPS) is 17.4. The van der Waals surface area contributed by atoms with Gasteiger partial charge in [-0.3, -0.25) is 15.2 Å². The number of esters is 1. The molecule has 0 aliphatic carbocycles. The smallest absolute Gasteiger partial charge is 0.331 e. The van der Waals surface area contributed by atoms with Crippen LogP contribution in [0, 0.1) is 0 Å². The molecule has 1 fully saturated rings. The predicted octanol–water partition coefficient (Wildman–Crippen LogP) is 1.69. The van der Waals surface area contributed by atoms with Gasteiger partial charge in [0.15, 0.2) is 5.17 Å². The van der Waals surface area contributed by atoms with Crippen LogP contribution in [0.5, 0.6) is 0 Å². The molecule has 25 heavy (non-hydrogen) atoms. The highest BCUT2D eigenvalue weighted by atomic mass is 32.2. The quantitative estimate of drug-likeness (QED) is 0.375. The molecule has 9 heteroatoms. The Balaban J connectivity index is 1.76. The highest BCUT2D eigenvalue weighted by molar-refractivity contribution is 8.18. The van der Waals surface area contributed by atoms with Crippen LogP contribution in [0.2, 0.25) is 0 Å². The van der Waals surface area contributed by atoms with E-state index in [2.05, 4.69) is 30.5 Å². The Bertz CT molecular complexity index is 887. The van der Waals surface area contributed by atoms with Crippen molar-refractivity contribution < 1.29 is 14.3 Å². The monoisotopic (exact) mass is 355 g/mol. The number of thioether (sulfide) groups is 1. The van der Waals surface area contributed by atoms with Crippen molar-refractivity contribution >= 4 is 35.0 Å². The molecule has 0 bridgehead atoms. The summed E-state index contributed by atoms with van der Waals surface area (Å²) in [6.45, 7) is 0. The molecule has 8 nitrogen and oxygen atoms in total. The van der Waals surface area contributed by atoms with E-state index in [0.717, 1.165) is 34.5 Å². The molecule has 0 saturated carbocycles. The molecule has 1 saturated heterocycles. The number of carbonyl (C=O) groups is 2. The second-order valence-electron chi connectivity index (χ2n) is 4.81. The number of hydrogen-bond donors (Lipinski definition) is 2. The van der Waals surface area contributed by atoms with Gasteiger partial charge in [0, 0.05) is 23.4 Å². The molecule has 0 spiro atoms. The second-order valence-corrected chi connectivity index (χ2v) is 5.84. The minimum absolute atomic E-state index is 0.208. The van der Waals surface area contributed by atoms with E-state index >= 15 is 0 Å². The van der Waals surface area contributed by atoms with Gasteiger partial charge in [0.05, 0.1) is 24.4 Å². The van der Waals surface area contributed by atoms with Crippen LogP contribution in [-0.4, -0.2) is 40.6 Å². The van der Waals surface area contributed by atoms with E-state index < -0.39 is 11.9 Å². The Morgan fingerprint density at radius 1 is 1.36 bits per heavy atom. The molecule has 2 N–H and O–H groups in total. The predicted molar refractivity (Wildman–Crippen MR) is 94.9 cm³/mol. The van der Waals surface area contributed by atoms with Gasteiger partial charge < -0.3 is 4.74 Å². The van der Waals surface area contributed by atoms with Gasteiger partial charge in [0.25, 0.3) is 5.91 Å². The fourth-order valence-electron chi connectivity index (χ4n) is 2.06. The fraction of sp³-hybridized carbons (Fsp3) is 0.0625. The van der Waals surface area contributed by atoms with Gasteiger partial charge in [-0.1, -0.05) is 24.3 Å². The molecule has 1 amide bonds. The standard InChI is InChI=1S/C16H13N5O3S/c1-24-14(22)6-13-15(23)20-16(25-13)21-19-7-10-4-2-3-5-12(10)11-8-17-18-9-11/h2-9H,1H3,(H,17,18)(H,20,21,23)/b13-6+,19-7?. The van der Waals surface area contributed by atoms with Crippen molar-refractivity contribution in [3.8, 4) is 11.1 Å². The van der Waals surface area contributed by atoms with E-state index in [1.165, 1.54) is 7.11 Å². The second kappa shape index (κ2) is 7.58. The van der Waals surface area contributed by atoms with Crippen LogP contribution in [0.25, 0.3) is 11.1 Å². The number of hydrogen-bond acceptors (Lipinski definition) is 7. The number of nitrogens with one attached hydrogen (secondary N) is 2. The number of methoxy groups -OCH3 is 1. The number of rotatable bonds is 4. The van der Waals surface area contributed by atoms with Crippen molar-refractivity contribution in [2.24, 2.45) is 10.2 Å². The summed E-state index contributed by atoms with van der Waals surface area (Å²) in [5.74, 6) is -1.01. The first-order valence-corrected chi connectivity index (χ1v) is 7.97. The number of benzene rings is 1. The van der Waals surface area contributed by atoms with Crippen molar-refractivity contribution in [2.75, 3.05) is 7.11 Å². The zero-order chi connectivity index (χ0) is 17.6. The number of carbonyl (C=O) groups excluding carboxylic acids is 2. The molecule has 1 aliphatic rings. The van der Waals surface area contributed by atoms with Crippen molar-refractivity contribution in [1.82, 2.24) is 15.5 Å². The van der Waals surface area contributed by atoms with Gasteiger partial charge >= 0.3 is 5.97 Å². The lowest BCUT2D eigenvalue weighted by Gasteiger charge is -2.01. The Morgan fingerprint density at radius 2 is 2.20 bits per heavy atom. The molecule has 0 unspecified atom stereocenters. The SMILES string of the molecule is COC(=O)/C=C1/S/C(=N\N=Cc2ccccc2-c2cn[nH]c2)NC1=O. The molecule has 126 valence electrons. The topological polar surface area (TPSA) is 109 Å². The van der Waals surface area contributed by atoms with Crippen molar-refractivity contribution in [2.45, 2.75) is 0 Å². The van der Waals surface area contributed by atoms with Crippen LogP contribution >= 0.6 is 11.8 Å². The summed E-state index contributed by atoms with van der Waals surface area (Å²) in [5.41, 5.74) is 2.74. The van der Waals surface area contributed by atoms with E-state index in [0.29, 0.717) is 0 Å². The molecule has 1 aromatic carbocycles. The van der Waals surface area contributed by atoms with Crippen LogP contribution in [0.3, 0.4) is 0 Å². The molecule has 2 heterocycles. The Hall–Kier alpha value is -3.20. The molecule has 2 aromatic rings. The lowest BCUT2D eigenvalue weighted by atomic mass is 10.0. The summed E-state index contributed by atoms with van der Waals surface area (Å²) in [6.07, 6.45) is 6.20. The van der Waals surface area contributed by atoms with E-state index in [9.17, 15) is 9.59 Å². The maximum Gasteiger partial charge on any atom is 0.331 e. The van der Waals surface area contributed by atoms with Gasteiger partial charge in [0.1, 0.15) is 0 Å². The maximum absolute atomic E-state index is 11.7. The third-order valence-electron chi connectivity index (χ3n) is 3.22. The zero-order valence-corrected chi connectivity index (χ0v) is 13.9. The molecule has 1 aromatic heterocycles. The first-order valence-electron chi connectivity index (χ1n) is 7.15. The number of aromatic amines is 1. The number of amides is 1. The third-order valence-corrected chi connectivity index (χ3v) is 4.12. The largest absolute Gasteiger partial charge is 0.466 e. The van der Waals surface area contributed by atoms with Crippen LogP contribution < -0.4 is 5.32 Å². The Morgan fingerprint density at radius 3 is 2.96 bits per heavy atom. The van der Waals surface area contributed by atoms with Crippen LogP contribution in [0.4, 0.5) is 0 Å². The highest BCUT2D eigenvalue weighted by Gasteiger charge is 2.24. The average molecular weight is 355 g/mol. The highest BCUT2D eigenvalue weighted by Crippen LogP contribution is 2.24. The van der Waals surface area contributed by atoms with E-state index in [1.807, 2.05) is 24.3 Å². The summed E-state index contributed by atoms with van der Waals surface area (Å²) in [5, 5.41) is 17.5. The summed E-state index contributed by atoms with van der Waals surface area (Å²) in [6, 6.07) is 7.65. The lowest BCUT2D eigenvalue weighted by Crippen LogP contribution is -2.19. The minimum atomic E-state index is -0.601. The van der Waals surface area contributed by atoms with E-state index in [4.69, 9.17) is 0 Å². The van der Waals surface area contributed by atoms with E-state index in [1.54, 1.807) is 18.6 Å². The van der Waals surface area contributed by atoms with Gasteiger partial charge in [-0.15, -0.1) is 5.10 Å². The van der Waals surface area contributed by atoms with Crippen molar-refractivity contribution in [3.05, 3.63) is 53.2 Å². The van der Waals surface area contributed by atoms with Gasteiger partial charge in [-0.25, -0.2) is 4.79 Å². The first-order chi connectivity index (χ1) is 12.2. The Labute approximate surface area is 147 Å². The number of amidine groups is 1. The first kappa shape index (κ1) is 16.7. The third kappa shape index (κ3) is 4.01. The van der Waals surface area contributed by atoms with E-state index in [-0.39, 0.29) is 10.1 Å². The summed E-state index contributed by atoms with van der Waals surface area (Å²) < 4.78 is 4.50.